The van der Waals surface area contributed by atoms with Gasteiger partial charge in [-0.2, -0.15) is 13.2 Å². The molecule has 234 valence electrons. The van der Waals surface area contributed by atoms with Gasteiger partial charge in [-0.05, 0) is 98.2 Å². The average molecular weight is 635 g/mol. The molecule has 45 heavy (non-hydrogen) atoms. The summed E-state index contributed by atoms with van der Waals surface area (Å²) in [5.74, 6) is 0.951. The summed E-state index contributed by atoms with van der Waals surface area (Å²) >= 11 is 6.06. The maximum atomic E-state index is 13.6. The zero-order chi connectivity index (χ0) is 32.1. The van der Waals surface area contributed by atoms with E-state index in [-0.39, 0.29) is 12.0 Å². The molecule has 0 radical (unpaired) electrons. The summed E-state index contributed by atoms with van der Waals surface area (Å²) in [5.41, 5.74) is 3.49. The molecule has 0 spiro atoms. The first-order chi connectivity index (χ1) is 21.5. The van der Waals surface area contributed by atoms with Gasteiger partial charge in [-0.25, -0.2) is 0 Å². The maximum absolute atomic E-state index is 13.6. The van der Waals surface area contributed by atoms with Crippen LogP contribution in [0.15, 0.2) is 97.1 Å². The molecule has 0 saturated carbocycles. The number of aromatic nitrogens is 1. The Morgan fingerprint density at radius 1 is 0.911 bits per heavy atom. The second kappa shape index (κ2) is 13.8. The Bertz CT molecular complexity index is 1750. The molecule has 1 atom stereocenters. The van der Waals surface area contributed by atoms with Crippen molar-refractivity contribution in [3.8, 4) is 11.5 Å². The summed E-state index contributed by atoms with van der Waals surface area (Å²) in [6.45, 7) is 3.33. The van der Waals surface area contributed by atoms with E-state index < -0.39 is 11.7 Å². The van der Waals surface area contributed by atoms with Crippen molar-refractivity contribution in [1.82, 2.24) is 9.47 Å². The van der Waals surface area contributed by atoms with Crippen molar-refractivity contribution in [1.29, 1.82) is 0 Å². The second-order valence-electron chi connectivity index (χ2n) is 11.0. The Morgan fingerprint density at radius 2 is 1.58 bits per heavy atom. The molecule has 0 bridgehead atoms. The monoisotopic (exact) mass is 634 g/mol. The van der Waals surface area contributed by atoms with Gasteiger partial charge in [0.15, 0.2) is 0 Å². The van der Waals surface area contributed by atoms with Crippen LogP contribution in [-0.4, -0.2) is 42.6 Å². The molecule has 0 fully saturated rings. The molecule has 9 heteroatoms. The van der Waals surface area contributed by atoms with Crippen LogP contribution < -0.4 is 9.47 Å². The van der Waals surface area contributed by atoms with Crippen LogP contribution in [0.1, 0.15) is 45.3 Å². The van der Waals surface area contributed by atoms with Gasteiger partial charge < -0.3 is 14.4 Å². The van der Waals surface area contributed by atoms with E-state index in [0.29, 0.717) is 48.0 Å². The Morgan fingerprint density at radius 3 is 2.22 bits per heavy atom. The predicted molar refractivity (Wildman–Crippen MR) is 171 cm³/mol. The van der Waals surface area contributed by atoms with Crippen LogP contribution >= 0.6 is 11.6 Å². The van der Waals surface area contributed by atoms with Crippen molar-refractivity contribution in [2.24, 2.45) is 0 Å². The van der Waals surface area contributed by atoms with Gasteiger partial charge in [-0.1, -0.05) is 41.9 Å². The molecule has 0 N–H and O–H groups in total. The largest absolute Gasteiger partial charge is 0.497 e. The second-order valence-corrected chi connectivity index (χ2v) is 11.4. The lowest BCUT2D eigenvalue weighted by molar-refractivity contribution is -0.137. The van der Waals surface area contributed by atoms with Crippen LogP contribution in [-0.2, 0) is 12.6 Å². The van der Waals surface area contributed by atoms with Crippen molar-refractivity contribution in [2.45, 2.75) is 32.0 Å². The topological polar surface area (TPSA) is 43.7 Å². The molecule has 0 aliphatic carbocycles. The molecular weight excluding hydrogens is 601 g/mol. The summed E-state index contributed by atoms with van der Waals surface area (Å²) < 4.78 is 52.6. The number of likely N-dealkylation sites (N-methyl/N-ethyl adjacent to an activating group) is 1. The van der Waals surface area contributed by atoms with Crippen LogP contribution in [0.5, 0.6) is 11.5 Å². The zero-order valence-electron chi connectivity index (χ0n) is 25.3. The van der Waals surface area contributed by atoms with Crippen molar-refractivity contribution < 1.29 is 27.4 Å². The summed E-state index contributed by atoms with van der Waals surface area (Å²) in [4.78, 5) is 15.8. The number of rotatable bonds is 11. The van der Waals surface area contributed by atoms with Crippen LogP contribution in [0.25, 0.3) is 10.9 Å². The number of carbonyl (C=O) groups excluding carboxylic acids is 1. The van der Waals surface area contributed by atoms with E-state index in [0.717, 1.165) is 39.9 Å². The highest BCUT2D eigenvalue weighted by Gasteiger charge is 2.30. The number of hydrogen-bond acceptors (Lipinski definition) is 4. The molecule has 0 unspecified atom stereocenters. The fraction of sp³-hybridized carbons (Fsp3) is 0.250. The van der Waals surface area contributed by atoms with Gasteiger partial charge >= 0.3 is 6.18 Å². The summed E-state index contributed by atoms with van der Waals surface area (Å²) in [5, 5.41) is 1.52. The SMILES string of the molecule is COc1ccc2c(c1)c(CCN(C)CC[C@@H](Oc1ccc(C(F)(F)F)cc1)c1ccccc1)c(C)n2C(=O)c1ccc(Cl)cc1. The minimum Gasteiger partial charge on any atom is -0.497 e. The highest BCUT2D eigenvalue weighted by atomic mass is 35.5. The maximum Gasteiger partial charge on any atom is 0.416 e. The van der Waals surface area contributed by atoms with Gasteiger partial charge in [0.2, 0.25) is 0 Å². The van der Waals surface area contributed by atoms with Gasteiger partial charge in [0.05, 0.1) is 18.2 Å². The van der Waals surface area contributed by atoms with Crippen molar-refractivity contribution in [3.05, 3.63) is 130 Å². The number of ether oxygens (including phenoxy) is 2. The number of nitrogens with zero attached hydrogens (tertiary/aromatic N) is 2. The van der Waals surface area contributed by atoms with E-state index >= 15 is 0 Å². The summed E-state index contributed by atoms with van der Waals surface area (Å²) in [6, 6.07) is 27.0. The fourth-order valence-corrected chi connectivity index (χ4v) is 5.61. The Hall–Kier alpha value is -4.27. The van der Waals surface area contributed by atoms with E-state index in [9.17, 15) is 18.0 Å². The molecule has 5 rings (SSSR count). The molecule has 0 aliphatic heterocycles. The third-order valence-corrected chi connectivity index (χ3v) is 8.24. The Kier molecular flexibility index (Phi) is 9.85. The fourth-order valence-electron chi connectivity index (χ4n) is 5.49. The lowest BCUT2D eigenvalue weighted by Crippen LogP contribution is -2.25. The minimum absolute atomic E-state index is 0.134. The van der Waals surface area contributed by atoms with Crippen molar-refractivity contribution >= 4 is 28.4 Å². The number of carbonyl (C=O) groups is 1. The van der Waals surface area contributed by atoms with E-state index in [1.165, 1.54) is 12.1 Å². The molecule has 0 saturated heterocycles. The summed E-state index contributed by atoms with van der Waals surface area (Å²) in [6.07, 6.45) is -3.46. The number of hydrogen-bond donors (Lipinski definition) is 0. The van der Waals surface area contributed by atoms with Crippen molar-refractivity contribution in [3.63, 3.8) is 0 Å². The number of halogens is 4. The highest BCUT2D eigenvalue weighted by Crippen LogP contribution is 2.33. The first-order valence-corrected chi connectivity index (χ1v) is 15.0. The van der Waals surface area contributed by atoms with Crippen molar-refractivity contribution in [2.75, 3.05) is 27.2 Å². The van der Waals surface area contributed by atoms with Crippen LogP contribution in [0, 0.1) is 6.92 Å². The molecular formula is C36H34ClF3N2O3. The lowest BCUT2D eigenvalue weighted by Gasteiger charge is -2.23. The third kappa shape index (κ3) is 7.52. The molecule has 1 aromatic heterocycles. The molecule has 4 aromatic carbocycles. The van der Waals surface area contributed by atoms with E-state index in [1.54, 1.807) is 35.9 Å². The minimum atomic E-state index is -4.40. The quantitative estimate of drug-likeness (QED) is 0.145. The first-order valence-electron chi connectivity index (χ1n) is 14.6. The molecule has 1 heterocycles. The third-order valence-electron chi connectivity index (χ3n) is 7.98. The number of fused-ring (bicyclic) bond motifs is 1. The number of methoxy groups -OCH3 is 1. The van der Waals surface area contributed by atoms with E-state index in [1.807, 2.05) is 62.5 Å². The first kappa shape index (κ1) is 32.1. The van der Waals surface area contributed by atoms with Crippen LogP contribution in [0.3, 0.4) is 0 Å². The lowest BCUT2D eigenvalue weighted by atomic mass is 10.1. The molecule has 5 nitrogen and oxygen atoms in total. The average Bonchev–Trinajstić information content (AvgIpc) is 3.32. The van der Waals surface area contributed by atoms with E-state index in [2.05, 4.69) is 4.90 Å². The standard InChI is InChI=1S/C36H34ClF3N2O3/c1-24-31(32-23-30(44-3)17-18-33(32)42(24)35(43)26-9-13-28(37)14-10-26)19-21-41(2)22-20-34(25-7-5-4-6-8-25)45-29-15-11-27(12-16-29)36(38,39)40/h4-18,23,34H,19-22H2,1-3H3/t34-/m1/s1. The van der Waals surface area contributed by atoms with Gasteiger partial charge in [-0.3, -0.25) is 9.36 Å². The predicted octanol–water partition coefficient (Wildman–Crippen LogP) is 9.00. The molecule has 5 aromatic rings. The molecule has 0 aliphatic rings. The van der Waals surface area contributed by atoms with Gasteiger partial charge in [0.25, 0.3) is 5.91 Å². The normalized spacial score (nSPS) is 12.4. The smallest absolute Gasteiger partial charge is 0.416 e. The summed E-state index contributed by atoms with van der Waals surface area (Å²) in [7, 11) is 3.64. The van der Waals surface area contributed by atoms with Crippen LogP contribution in [0.4, 0.5) is 13.2 Å². The van der Waals surface area contributed by atoms with Gasteiger partial charge in [-0.15, -0.1) is 0 Å². The number of alkyl halides is 3. The van der Waals surface area contributed by atoms with Crippen LogP contribution in [0.2, 0.25) is 5.02 Å². The number of benzene rings is 4. The highest BCUT2D eigenvalue weighted by molar-refractivity contribution is 6.30. The Labute approximate surface area is 265 Å². The molecule has 0 amide bonds. The zero-order valence-corrected chi connectivity index (χ0v) is 26.0. The Balaban J connectivity index is 1.32. The van der Waals surface area contributed by atoms with Gasteiger partial charge in [0, 0.05) is 41.2 Å². The van der Waals surface area contributed by atoms with Gasteiger partial charge in [0.1, 0.15) is 17.6 Å². The van der Waals surface area contributed by atoms with E-state index in [4.69, 9.17) is 21.1 Å².